The standard InChI is InChI=1S/C28H25ClN6O/c1-34-16-28(17-34)12-25(36)35(18-28)23-11-22(13-30-14-23)32-27-31-15-24(29)26(33-27)21-9-5-8-20(10-21)19-6-3-2-4-7-19/h2-11,13-15H,12,16-18H2,1H3,(H,31,32,33). The Morgan fingerprint density at radius 2 is 1.69 bits per heavy atom. The van der Waals surface area contributed by atoms with Crippen LogP contribution in [0.4, 0.5) is 17.3 Å². The number of carbonyl (C=O) groups excluding carboxylic acids is 1. The molecule has 1 N–H and O–H groups in total. The minimum Gasteiger partial charge on any atom is -0.323 e. The van der Waals surface area contributed by atoms with Gasteiger partial charge in [0.1, 0.15) is 0 Å². The van der Waals surface area contributed by atoms with Crippen LogP contribution >= 0.6 is 11.6 Å². The number of hydrogen-bond donors (Lipinski definition) is 1. The van der Waals surface area contributed by atoms with Gasteiger partial charge >= 0.3 is 0 Å². The van der Waals surface area contributed by atoms with E-state index >= 15 is 0 Å². The highest BCUT2D eigenvalue weighted by molar-refractivity contribution is 6.32. The Kier molecular flexibility index (Phi) is 5.66. The van der Waals surface area contributed by atoms with Gasteiger partial charge in [-0.2, -0.15) is 0 Å². The molecule has 0 bridgehead atoms. The largest absolute Gasteiger partial charge is 0.323 e. The molecule has 1 spiro atoms. The summed E-state index contributed by atoms with van der Waals surface area (Å²) in [5.74, 6) is 0.550. The third-order valence-corrected chi connectivity index (χ3v) is 7.09. The van der Waals surface area contributed by atoms with E-state index in [9.17, 15) is 4.79 Å². The minimum absolute atomic E-state index is 0.0672. The quantitative estimate of drug-likeness (QED) is 0.405. The second kappa shape index (κ2) is 9.00. The number of rotatable bonds is 5. The Balaban J connectivity index is 1.25. The zero-order chi connectivity index (χ0) is 24.7. The van der Waals surface area contributed by atoms with Gasteiger partial charge in [0.15, 0.2) is 0 Å². The summed E-state index contributed by atoms with van der Waals surface area (Å²) in [4.78, 5) is 30.3. The van der Waals surface area contributed by atoms with Gasteiger partial charge in [0.05, 0.1) is 40.7 Å². The average molecular weight is 497 g/mol. The first-order valence-electron chi connectivity index (χ1n) is 11.9. The van der Waals surface area contributed by atoms with Gasteiger partial charge in [-0.15, -0.1) is 0 Å². The van der Waals surface area contributed by atoms with Crippen LogP contribution in [0.5, 0.6) is 0 Å². The SMILES string of the molecule is CN1CC2(CC(=O)N(c3cncc(Nc4ncc(Cl)c(-c5cccc(-c6ccccc6)c5)n4)c3)C2)C1. The van der Waals surface area contributed by atoms with Crippen molar-refractivity contribution >= 4 is 34.8 Å². The van der Waals surface area contributed by atoms with E-state index in [0.29, 0.717) is 28.8 Å². The van der Waals surface area contributed by atoms with Crippen molar-refractivity contribution in [1.82, 2.24) is 19.9 Å². The molecular weight excluding hydrogens is 472 g/mol. The summed E-state index contributed by atoms with van der Waals surface area (Å²) in [6, 6.07) is 20.2. The normalized spacial score (nSPS) is 16.8. The van der Waals surface area contributed by atoms with E-state index in [-0.39, 0.29) is 11.3 Å². The zero-order valence-electron chi connectivity index (χ0n) is 19.9. The van der Waals surface area contributed by atoms with Gasteiger partial charge in [-0.3, -0.25) is 9.78 Å². The van der Waals surface area contributed by atoms with Crippen LogP contribution in [0.15, 0.2) is 79.3 Å². The number of anilines is 3. The number of nitrogens with one attached hydrogen (secondary N) is 1. The van der Waals surface area contributed by atoms with Crippen LogP contribution in [0.2, 0.25) is 5.02 Å². The summed E-state index contributed by atoms with van der Waals surface area (Å²) in [6.45, 7) is 2.63. The van der Waals surface area contributed by atoms with Crippen LogP contribution in [0.1, 0.15) is 6.42 Å². The maximum atomic E-state index is 12.7. The van der Waals surface area contributed by atoms with Crippen LogP contribution < -0.4 is 10.2 Å². The molecule has 0 saturated carbocycles. The van der Waals surface area contributed by atoms with Gasteiger partial charge in [0.25, 0.3) is 0 Å². The first-order valence-corrected chi connectivity index (χ1v) is 12.3. The van der Waals surface area contributed by atoms with Crippen molar-refractivity contribution in [2.24, 2.45) is 5.41 Å². The minimum atomic E-state index is 0.0672. The van der Waals surface area contributed by atoms with Gasteiger partial charge < -0.3 is 15.1 Å². The predicted molar refractivity (Wildman–Crippen MR) is 142 cm³/mol. The lowest BCUT2D eigenvalue weighted by Gasteiger charge is -2.45. The fourth-order valence-corrected chi connectivity index (χ4v) is 5.52. The molecule has 2 fully saturated rings. The summed E-state index contributed by atoms with van der Waals surface area (Å²) in [6.07, 6.45) is 5.61. The molecule has 8 heteroatoms. The second-order valence-corrected chi connectivity index (χ2v) is 10.1. The number of benzene rings is 2. The first kappa shape index (κ1) is 22.6. The molecule has 0 atom stereocenters. The molecule has 180 valence electrons. The fourth-order valence-electron chi connectivity index (χ4n) is 5.32. The molecule has 6 rings (SSSR count). The van der Waals surface area contributed by atoms with Crippen molar-refractivity contribution in [2.75, 3.05) is 36.9 Å². The Morgan fingerprint density at radius 1 is 0.917 bits per heavy atom. The number of carbonyl (C=O) groups is 1. The lowest BCUT2D eigenvalue weighted by atomic mass is 9.79. The zero-order valence-corrected chi connectivity index (χ0v) is 20.6. The summed E-state index contributed by atoms with van der Waals surface area (Å²) in [5, 5.41) is 3.70. The Hall–Kier alpha value is -3.81. The molecular formula is C28H25ClN6O. The van der Waals surface area contributed by atoms with E-state index in [4.69, 9.17) is 16.6 Å². The summed E-state index contributed by atoms with van der Waals surface area (Å²) in [7, 11) is 2.09. The van der Waals surface area contributed by atoms with Crippen molar-refractivity contribution in [3.8, 4) is 22.4 Å². The highest BCUT2D eigenvalue weighted by Gasteiger charge is 2.50. The van der Waals surface area contributed by atoms with Crippen molar-refractivity contribution in [3.63, 3.8) is 0 Å². The van der Waals surface area contributed by atoms with E-state index in [1.165, 1.54) is 0 Å². The Bertz CT molecular complexity index is 1440. The average Bonchev–Trinajstić information content (AvgIpc) is 3.23. The number of pyridine rings is 1. The molecule has 0 radical (unpaired) electrons. The van der Waals surface area contributed by atoms with Crippen molar-refractivity contribution in [3.05, 3.63) is 84.3 Å². The number of nitrogens with zero attached hydrogens (tertiary/aromatic N) is 5. The number of amides is 1. The Labute approximate surface area is 214 Å². The lowest BCUT2D eigenvalue weighted by molar-refractivity contribution is -0.118. The number of aromatic nitrogens is 3. The van der Waals surface area contributed by atoms with Crippen LogP contribution in [0, 0.1) is 5.41 Å². The number of likely N-dealkylation sites (tertiary alicyclic amines) is 1. The van der Waals surface area contributed by atoms with E-state index < -0.39 is 0 Å². The van der Waals surface area contributed by atoms with Crippen LogP contribution in [0.25, 0.3) is 22.4 Å². The maximum absolute atomic E-state index is 12.7. The lowest BCUT2D eigenvalue weighted by Crippen LogP contribution is -2.55. The number of halogens is 1. The molecule has 4 heterocycles. The highest BCUT2D eigenvalue weighted by Crippen LogP contribution is 2.41. The molecule has 4 aromatic rings. The van der Waals surface area contributed by atoms with Crippen molar-refractivity contribution in [2.45, 2.75) is 6.42 Å². The Morgan fingerprint density at radius 3 is 2.50 bits per heavy atom. The van der Waals surface area contributed by atoms with Crippen molar-refractivity contribution < 1.29 is 4.79 Å². The molecule has 2 aromatic carbocycles. The van der Waals surface area contributed by atoms with Crippen LogP contribution in [-0.2, 0) is 4.79 Å². The fraction of sp³-hybridized carbons (Fsp3) is 0.214. The molecule has 2 aromatic heterocycles. The monoisotopic (exact) mass is 496 g/mol. The van der Waals surface area contributed by atoms with Gasteiger partial charge in [-0.1, -0.05) is 60.1 Å². The molecule has 0 aliphatic carbocycles. The van der Waals surface area contributed by atoms with Gasteiger partial charge in [0.2, 0.25) is 11.9 Å². The first-order chi connectivity index (χ1) is 17.5. The van der Waals surface area contributed by atoms with E-state index in [0.717, 1.165) is 42.0 Å². The smallest absolute Gasteiger partial charge is 0.227 e. The summed E-state index contributed by atoms with van der Waals surface area (Å²) >= 11 is 6.50. The summed E-state index contributed by atoms with van der Waals surface area (Å²) in [5.41, 5.74) is 5.30. The molecule has 36 heavy (non-hydrogen) atoms. The molecule has 0 unspecified atom stereocenters. The van der Waals surface area contributed by atoms with E-state index in [1.54, 1.807) is 18.6 Å². The van der Waals surface area contributed by atoms with Crippen LogP contribution in [0.3, 0.4) is 0 Å². The van der Waals surface area contributed by atoms with Gasteiger partial charge in [-0.05, 0) is 30.3 Å². The molecule has 7 nitrogen and oxygen atoms in total. The summed E-state index contributed by atoms with van der Waals surface area (Å²) < 4.78 is 0. The van der Waals surface area contributed by atoms with E-state index in [1.807, 2.05) is 41.3 Å². The third-order valence-electron chi connectivity index (χ3n) is 6.81. The molecule has 2 aliphatic rings. The molecule has 1 amide bonds. The molecule has 2 saturated heterocycles. The van der Waals surface area contributed by atoms with Crippen molar-refractivity contribution in [1.29, 1.82) is 0 Å². The van der Waals surface area contributed by atoms with Crippen LogP contribution in [-0.4, -0.2) is 52.4 Å². The topological polar surface area (TPSA) is 74.2 Å². The van der Waals surface area contributed by atoms with E-state index in [2.05, 4.69) is 51.5 Å². The third kappa shape index (κ3) is 4.32. The second-order valence-electron chi connectivity index (χ2n) is 9.72. The maximum Gasteiger partial charge on any atom is 0.227 e. The number of hydrogen-bond acceptors (Lipinski definition) is 6. The molecule has 2 aliphatic heterocycles. The predicted octanol–water partition coefficient (Wildman–Crippen LogP) is 5.27. The van der Waals surface area contributed by atoms with Gasteiger partial charge in [0, 0.05) is 37.0 Å². The highest BCUT2D eigenvalue weighted by atomic mass is 35.5. The van der Waals surface area contributed by atoms with Gasteiger partial charge in [-0.25, -0.2) is 9.97 Å².